The summed E-state index contributed by atoms with van der Waals surface area (Å²) in [5, 5.41) is 3.89. The highest BCUT2D eigenvalue weighted by Gasteiger charge is 2.26. The maximum Gasteiger partial charge on any atom is 0.356 e. The number of esters is 1. The largest absolute Gasteiger partial charge is 0.448 e. The van der Waals surface area contributed by atoms with E-state index in [0.29, 0.717) is 26.5 Å². The average Bonchev–Trinajstić information content (AvgIpc) is 2.83. The second kappa shape index (κ2) is 9.65. The molecule has 7 heteroatoms. The van der Waals surface area contributed by atoms with Crippen LogP contribution in [0.5, 0.6) is 0 Å². The molecule has 1 unspecified atom stereocenters. The van der Waals surface area contributed by atoms with Crippen molar-refractivity contribution in [1.29, 1.82) is 0 Å². The summed E-state index contributed by atoms with van der Waals surface area (Å²) in [6.07, 6.45) is -1.09. The topological polar surface area (TPSA) is 77.4 Å². The van der Waals surface area contributed by atoms with Gasteiger partial charge in [0.25, 0.3) is 11.5 Å². The van der Waals surface area contributed by atoms with E-state index in [1.54, 1.807) is 30.3 Å². The Bertz CT molecular complexity index is 1460. The Labute approximate surface area is 205 Å². The van der Waals surface area contributed by atoms with Gasteiger partial charge in [0.1, 0.15) is 5.69 Å². The van der Waals surface area contributed by atoms with Gasteiger partial charge in [0.15, 0.2) is 6.10 Å². The number of hydrogen-bond donors (Lipinski definition) is 1. The molecule has 6 nitrogen and oxygen atoms in total. The van der Waals surface area contributed by atoms with Crippen LogP contribution in [-0.4, -0.2) is 22.5 Å². The van der Waals surface area contributed by atoms with Crippen molar-refractivity contribution in [2.75, 3.05) is 5.32 Å². The lowest BCUT2D eigenvalue weighted by atomic mass is 9.96. The van der Waals surface area contributed by atoms with Gasteiger partial charge in [-0.05, 0) is 58.9 Å². The summed E-state index contributed by atoms with van der Waals surface area (Å²) >= 11 is 3.38. The lowest BCUT2D eigenvalue weighted by molar-refractivity contribution is -0.123. The number of benzene rings is 3. The number of fused-ring (bicyclic) bond motifs is 1. The van der Waals surface area contributed by atoms with Crippen LogP contribution in [0.3, 0.4) is 0 Å². The number of aryl methyl sites for hydroxylation is 1. The molecule has 172 valence electrons. The highest BCUT2D eigenvalue weighted by molar-refractivity contribution is 9.10. The summed E-state index contributed by atoms with van der Waals surface area (Å²) in [7, 11) is 1.54. The number of amides is 1. The van der Waals surface area contributed by atoms with Gasteiger partial charge < -0.3 is 14.6 Å². The minimum Gasteiger partial charge on any atom is -0.448 e. The van der Waals surface area contributed by atoms with Gasteiger partial charge in [-0.1, -0.05) is 60.2 Å². The second-order valence-electron chi connectivity index (χ2n) is 8.02. The van der Waals surface area contributed by atoms with Crippen LogP contribution in [0.4, 0.5) is 5.69 Å². The van der Waals surface area contributed by atoms with Crippen LogP contribution in [0.15, 0.2) is 82.1 Å². The summed E-state index contributed by atoms with van der Waals surface area (Å²) < 4.78 is 7.55. The van der Waals surface area contributed by atoms with Crippen LogP contribution in [0.1, 0.15) is 23.0 Å². The standard InChI is InChI=1S/C27H23BrN2O4/c1-16-12-14-18(15-13-16)23-19-8-4-5-9-20(19)26(32)30(3)24(23)27(33)34-17(2)25(31)29-22-11-7-6-10-21(22)28/h4-15,17H,1-3H3,(H,29,31). The predicted octanol–water partition coefficient (Wildman–Crippen LogP) is 5.46. The zero-order valence-corrected chi connectivity index (χ0v) is 20.5. The smallest absolute Gasteiger partial charge is 0.356 e. The quantitative estimate of drug-likeness (QED) is 0.356. The highest BCUT2D eigenvalue weighted by atomic mass is 79.9. The molecule has 0 aliphatic carbocycles. The summed E-state index contributed by atoms with van der Waals surface area (Å²) in [5.41, 5.74) is 2.76. The first-order chi connectivity index (χ1) is 16.3. The van der Waals surface area contributed by atoms with Crippen molar-refractivity contribution in [1.82, 2.24) is 4.57 Å². The van der Waals surface area contributed by atoms with Crippen LogP contribution >= 0.6 is 15.9 Å². The fourth-order valence-corrected chi connectivity index (χ4v) is 4.17. The number of carbonyl (C=O) groups excluding carboxylic acids is 2. The summed E-state index contributed by atoms with van der Waals surface area (Å²) in [4.78, 5) is 39.2. The number of anilines is 1. The van der Waals surface area contributed by atoms with Crippen LogP contribution in [-0.2, 0) is 16.6 Å². The van der Waals surface area contributed by atoms with E-state index in [1.807, 2.05) is 49.4 Å². The van der Waals surface area contributed by atoms with Gasteiger partial charge in [0, 0.05) is 22.5 Å². The molecule has 0 radical (unpaired) electrons. The van der Waals surface area contributed by atoms with Crippen molar-refractivity contribution >= 4 is 44.3 Å². The Morgan fingerprint density at radius 3 is 2.24 bits per heavy atom. The molecule has 1 N–H and O–H groups in total. The number of pyridine rings is 1. The molecule has 1 atom stereocenters. The van der Waals surface area contributed by atoms with Crippen molar-refractivity contribution in [2.45, 2.75) is 20.0 Å². The van der Waals surface area contributed by atoms with E-state index < -0.39 is 18.0 Å². The van der Waals surface area contributed by atoms with E-state index in [-0.39, 0.29) is 11.3 Å². The molecule has 0 bridgehead atoms. The van der Waals surface area contributed by atoms with Gasteiger partial charge >= 0.3 is 5.97 Å². The van der Waals surface area contributed by atoms with Crippen LogP contribution in [0.25, 0.3) is 21.9 Å². The minimum absolute atomic E-state index is 0.0908. The maximum absolute atomic E-state index is 13.4. The third kappa shape index (κ3) is 4.52. The lowest BCUT2D eigenvalue weighted by Crippen LogP contribution is -2.33. The number of hydrogen-bond acceptors (Lipinski definition) is 4. The molecule has 0 saturated carbocycles. The van der Waals surface area contributed by atoms with Crippen molar-refractivity contribution in [3.63, 3.8) is 0 Å². The molecule has 1 aromatic heterocycles. The second-order valence-corrected chi connectivity index (χ2v) is 8.87. The number of ether oxygens (including phenoxy) is 1. The van der Waals surface area contributed by atoms with Gasteiger partial charge in [-0.25, -0.2) is 4.79 Å². The number of nitrogens with zero attached hydrogens (tertiary/aromatic N) is 1. The first kappa shape index (κ1) is 23.4. The van der Waals surface area contributed by atoms with E-state index in [2.05, 4.69) is 21.2 Å². The first-order valence-corrected chi connectivity index (χ1v) is 11.5. The zero-order valence-electron chi connectivity index (χ0n) is 19.0. The van der Waals surface area contributed by atoms with Crippen LogP contribution < -0.4 is 10.9 Å². The molecule has 1 heterocycles. The first-order valence-electron chi connectivity index (χ1n) is 10.7. The van der Waals surface area contributed by atoms with Crippen LogP contribution in [0, 0.1) is 6.92 Å². The summed E-state index contributed by atoms with van der Waals surface area (Å²) in [5.74, 6) is -1.24. The van der Waals surface area contributed by atoms with Crippen molar-refractivity contribution < 1.29 is 14.3 Å². The normalized spacial score (nSPS) is 11.8. The summed E-state index contributed by atoms with van der Waals surface area (Å²) in [6.45, 7) is 3.47. The number of carbonyl (C=O) groups is 2. The predicted molar refractivity (Wildman–Crippen MR) is 137 cm³/mol. The molecule has 0 aliphatic heterocycles. The number of aromatic nitrogens is 1. The minimum atomic E-state index is -1.09. The fraction of sp³-hybridized carbons (Fsp3) is 0.148. The molecular weight excluding hydrogens is 496 g/mol. The van der Waals surface area contributed by atoms with E-state index in [9.17, 15) is 14.4 Å². The SMILES string of the molecule is Cc1ccc(-c2c(C(=O)OC(C)C(=O)Nc3ccccc3Br)n(C)c(=O)c3ccccc23)cc1. The Morgan fingerprint density at radius 1 is 0.941 bits per heavy atom. The summed E-state index contributed by atoms with van der Waals surface area (Å²) in [6, 6.07) is 22.0. The Hall–Kier alpha value is -3.71. The van der Waals surface area contributed by atoms with Crippen LogP contribution in [0.2, 0.25) is 0 Å². The van der Waals surface area contributed by atoms with E-state index >= 15 is 0 Å². The van der Waals surface area contributed by atoms with Gasteiger partial charge in [0.2, 0.25) is 0 Å². The molecular formula is C27H23BrN2O4. The third-order valence-corrected chi connectivity index (χ3v) is 6.31. The lowest BCUT2D eigenvalue weighted by Gasteiger charge is -2.19. The van der Waals surface area contributed by atoms with Crippen molar-refractivity contribution in [2.24, 2.45) is 7.05 Å². The number of nitrogens with one attached hydrogen (secondary N) is 1. The third-order valence-electron chi connectivity index (χ3n) is 5.62. The Balaban J connectivity index is 1.75. The van der Waals surface area contributed by atoms with Gasteiger partial charge in [-0.15, -0.1) is 0 Å². The van der Waals surface area contributed by atoms with Gasteiger partial charge in [-0.3, -0.25) is 9.59 Å². The van der Waals surface area contributed by atoms with Crippen molar-refractivity contribution in [3.05, 3.63) is 98.9 Å². The molecule has 1 amide bonds. The van der Waals surface area contributed by atoms with Crippen molar-refractivity contribution in [3.8, 4) is 11.1 Å². The van der Waals surface area contributed by atoms with E-state index in [1.165, 1.54) is 18.5 Å². The maximum atomic E-state index is 13.4. The van der Waals surface area contributed by atoms with E-state index in [4.69, 9.17) is 4.74 Å². The Kier molecular flexibility index (Phi) is 6.65. The van der Waals surface area contributed by atoms with E-state index in [0.717, 1.165) is 11.1 Å². The number of halogens is 1. The molecule has 34 heavy (non-hydrogen) atoms. The molecule has 4 rings (SSSR count). The Morgan fingerprint density at radius 2 is 1.56 bits per heavy atom. The van der Waals surface area contributed by atoms with Gasteiger partial charge in [-0.2, -0.15) is 0 Å². The molecule has 4 aromatic rings. The monoisotopic (exact) mass is 518 g/mol. The molecule has 0 spiro atoms. The molecule has 0 fully saturated rings. The fourth-order valence-electron chi connectivity index (χ4n) is 3.78. The molecule has 0 aliphatic rings. The molecule has 0 saturated heterocycles. The zero-order chi connectivity index (χ0) is 24.4. The average molecular weight is 519 g/mol. The highest BCUT2D eigenvalue weighted by Crippen LogP contribution is 2.31. The number of rotatable bonds is 5. The number of para-hydroxylation sites is 1. The molecule has 3 aromatic carbocycles. The van der Waals surface area contributed by atoms with Gasteiger partial charge in [0.05, 0.1) is 5.69 Å².